The van der Waals surface area contributed by atoms with Crippen molar-refractivity contribution < 1.29 is 19.5 Å². The molecule has 2 aliphatic rings. The number of anilines is 2. The van der Waals surface area contributed by atoms with Gasteiger partial charge in [-0.2, -0.15) is 0 Å². The first-order valence-electron chi connectivity index (χ1n) is 7.00. The van der Waals surface area contributed by atoms with E-state index in [9.17, 15) is 14.4 Å². The second-order valence-electron chi connectivity index (χ2n) is 5.48. The molecule has 0 bridgehead atoms. The van der Waals surface area contributed by atoms with Crippen molar-refractivity contribution >= 4 is 29.2 Å². The maximum absolute atomic E-state index is 11.9. The van der Waals surface area contributed by atoms with E-state index in [1.54, 1.807) is 23.1 Å². The third kappa shape index (κ3) is 2.74. The van der Waals surface area contributed by atoms with Crippen molar-refractivity contribution in [1.29, 1.82) is 0 Å². The molecule has 1 aromatic carbocycles. The molecule has 0 radical (unpaired) electrons. The summed E-state index contributed by atoms with van der Waals surface area (Å²) in [6.45, 7) is 0.694. The first kappa shape index (κ1) is 13.6. The summed E-state index contributed by atoms with van der Waals surface area (Å²) in [5.74, 6) is -2.11. The Bertz CT molecular complexity index is 613. The topological polar surface area (TPSA) is 86.7 Å². The number of benzene rings is 1. The third-order valence-corrected chi connectivity index (χ3v) is 3.94. The molecule has 1 aromatic rings. The third-order valence-electron chi connectivity index (χ3n) is 3.94. The summed E-state index contributed by atoms with van der Waals surface area (Å²) in [5, 5.41) is 11.6. The molecular weight excluding hydrogens is 272 g/mol. The maximum Gasteiger partial charge on any atom is 0.307 e. The van der Waals surface area contributed by atoms with Crippen LogP contribution in [0.25, 0.3) is 0 Å². The summed E-state index contributed by atoms with van der Waals surface area (Å²) in [5.41, 5.74) is 1.36. The van der Waals surface area contributed by atoms with Gasteiger partial charge in [-0.1, -0.05) is 6.07 Å². The average Bonchev–Trinajstić information content (AvgIpc) is 3.15. The second kappa shape index (κ2) is 5.20. The Hall–Kier alpha value is -2.37. The summed E-state index contributed by atoms with van der Waals surface area (Å²) in [4.78, 5) is 36.1. The number of hydrogen-bond acceptors (Lipinski definition) is 3. The molecule has 0 spiro atoms. The number of hydrogen-bond donors (Lipinski definition) is 2. The van der Waals surface area contributed by atoms with E-state index >= 15 is 0 Å². The lowest BCUT2D eigenvalue weighted by molar-refractivity contribution is -0.139. The van der Waals surface area contributed by atoms with Crippen molar-refractivity contribution in [2.45, 2.75) is 19.3 Å². The van der Waals surface area contributed by atoms with Crippen LogP contribution in [-0.4, -0.2) is 29.4 Å². The van der Waals surface area contributed by atoms with Gasteiger partial charge in [-0.25, -0.2) is 0 Å². The van der Waals surface area contributed by atoms with Crippen LogP contribution in [0.1, 0.15) is 19.3 Å². The van der Waals surface area contributed by atoms with Crippen LogP contribution in [0.4, 0.5) is 11.4 Å². The lowest BCUT2D eigenvalue weighted by Crippen LogP contribution is -2.24. The van der Waals surface area contributed by atoms with Crippen molar-refractivity contribution in [3.63, 3.8) is 0 Å². The van der Waals surface area contributed by atoms with Crippen molar-refractivity contribution in [3.05, 3.63) is 24.3 Å². The highest BCUT2D eigenvalue weighted by atomic mass is 16.4. The van der Waals surface area contributed by atoms with E-state index in [1.165, 1.54) is 0 Å². The summed E-state index contributed by atoms with van der Waals surface area (Å²) < 4.78 is 0. The number of carbonyl (C=O) groups excluding carboxylic acids is 2. The zero-order chi connectivity index (χ0) is 15.0. The predicted octanol–water partition coefficient (Wildman–Crippen LogP) is 1.47. The lowest BCUT2D eigenvalue weighted by atomic mass is 10.2. The molecule has 3 rings (SSSR count). The normalized spacial score (nSPS) is 24.0. The number of carboxylic acids is 1. The van der Waals surface area contributed by atoms with Gasteiger partial charge in [0, 0.05) is 24.3 Å². The summed E-state index contributed by atoms with van der Waals surface area (Å²) >= 11 is 0. The van der Waals surface area contributed by atoms with Crippen LogP contribution in [0.2, 0.25) is 0 Å². The highest BCUT2D eigenvalue weighted by molar-refractivity contribution is 5.99. The Morgan fingerprint density at radius 3 is 2.71 bits per heavy atom. The van der Waals surface area contributed by atoms with E-state index in [2.05, 4.69) is 5.32 Å². The van der Waals surface area contributed by atoms with Crippen molar-refractivity contribution in [1.82, 2.24) is 0 Å². The molecule has 21 heavy (non-hydrogen) atoms. The van der Waals surface area contributed by atoms with E-state index in [4.69, 9.17) is 5.11 Å². The summed E-state index contributed by atoms with van der Waals surface area (Å²) in [7, 11) is 0. The molecule has 110 valence electrons. The quantitative estimate of drug-likeness (QED) is 0.878. The molecule has 1 saturated heterocycles. The van der Waals surface area contributed by atoms with Gasteiger partial charge in [-0.05, 0) is 31.0 Å². The first-order chi connectivity index (χ1) is 10.1. The van der Waals surface area contributed by atoms with Crippen LogP contribution in [0.3, 0.4) is 0 Å². The lowest BCUT2D eigenvalue weighted by Gasteiger charge is -2.16. The molecule has 6 nitrogen and oxygen atoms in total. The molecule has 2 amide bonds. The van der Waals surface area contributed by atoms with E-state index in [1.807, 2.05) is 6.07 Å². The minimum absolute atomic E-state index is 0.0895. The van der Waals surface area contributed by atoms with E-state index < -0.39 is 17.8 Å². The standard InChI is InChI=1S/C15H16N2O4/c18-13-5-2-6-17(13)10-4-1-3-9(7-10)16-14(19)11-8-12(11)15(20)21/h1,3-4,7,11-12H,2,5-6,8H2,(H,16,19)(H,20,21)/t11-,12+/m0/s1. The molecule has 2 atom stereocenters. The van der Waals surface area contributed by atoms with Gasteiger partial charge in [0.2, 0.25) is 11.8 Å². The number of nitrogens with one attached hydrogen (secondary N) is 1. The Balaban J connectivity index is 1.68. The smallest absolute Gasteiger partial charge is 0.307 e. The largest absolute Gasteiger partial charge is 0.481 e. The van der Waals surface area contributed by atoms with Crippen LogP contribution < -0.4 is 10.2 Å². The minimum atomic E-state index is -0.924. The highest BCUT2D eigenvalue weighted by Gasteiger charge is 2.48. The number of nitrogens with zero attached hydrogens (tertiary/aromatic N) is 1. The van der Waals surface area contributed by atoms with E-state index in [0.717, 1.165) is 12.1 Å². The number of amides is 2. The SMILES string of the molecule is O=C(Nc1cccc(N2CCCC2=O)c1)[C@H]1C[C@H]1C(=O)O. The number of carboxylic acid groups (broad SMARTS) is 1. The molecule has 1 saturated carbocycles. The van der Waals surface area contributed by atoms with Crippen LogP contribution >= 0.6 is 0 Å². The average molecular weight is 288 g/mol. The molecule has 0 unspecified atom stereocenters. The van der Waals surface area contributed by atoms with Gasteiger partial charge in [0.15, 0.2) is 0 Å². The molecule has 2 fully saturated rings. The predicted molar refractivity (Wildman–Crippen MR) is 75.9 cm³/mol. The molecule has 1 aliphatic heterocycles. The number of rotatable bonds is 4. The number of aliphatic carboxylic acids is 1. The van der Waals surface area contributed by atoms with Gasteiger partial charge in [0.1, 0.15) is 0 Å². The molecule has 1 aliphatic carbocycles. The summed E-state index contributed by atoms with van der Waals surface area (Å²) in [6, 6.07) is 7.09. The van der Waals surface area contributed by atoms with Crippen molar-refractivity contribution in [2.75, 3.05) is 16.8 Å². The fourth-order valence-electron chi connectivity index (χ4n) is 2.67. The molecule has 2 N–H and O–H groups in total. The van der Waals surface area contributed by atoms with Gasteiger partial charge in [-0.3, -0.25) is 14.4 Å². The zero-order valence-electron chi connectivity index (χ0n) is 11.4. The van der Waals surface area contributed by atoms with E-state index in [0.29, 0.717) is 25.1 Å². The van der Waals surface area contributed by atoms with Crippen LogP contribution in [0.15, 0.2) is 24.3 Å². The van der Waals surface area contributed by atoms with Gasteiger partial charge < -0.3 is 15.3 Å². The second-order valence-corrected chi connectivity index (χ2v) is 5.48. The first-order valence-corrected chi connectivity index (χ1v) is 7.00. The van der Waals surface area contributed by atoms with Crippen LogP contribution in [0, 0.1) is 11.8 Å². The van der Waals surface area contributed by atoms with Gasteiger partial charge in [-0.15, -0.1) is 0 Å². The van der Waals surface area contributed by atoms with Crippen molar-refractivity contribution in [2.24, 2.45) is 11.8 Å². The fourth-order valence-corrected chi connectivity index (χ4v) is 2.67. The Morgan fingerprint density at radius 1 is 1.29 bits per heavy atom. The molecule has 1 heterocycles. The van der Waals surface area contributed by atoms with Gasteiger partial charge in [0.05, 0.1) is 11.8 Å². The molecule has 6 heteroatoms. The van der Waals surface area contributed by atoms with Crippen LogP contribution in [-0.2, 0) is 14.4 Å². The molecular formula is C15H16N2O4. The van der Waals surface area contributed by atoms with Crippen molar-refractivity contribution in [3.8, 4) is 0 Å². The maximum atomic E-state index is 11.9. The van der Waals surface area contributed by atoms with E-state index in [-0.39, 0.29) is 11.8 Å². The Kier molecular flexibility index (Phi) is 3.37. The van der Waals surface area contributed by atoms with Gasteiger partial charge in [0.25, 0.3) is 0 Å². The van der Waals surface area contributed by atoms with Crippen LogP contribution in [0.5, 0.6) is 0 Å². The summed E-state index contributed by atoms with van der Waals surface area (Å²) in [6.07, 6.45) is 1.79. The highest BCUT2D eigenvalue weighted by Crippen LogP contribution is 2.39. The Morgan fingerprint density at radius 2 is 2.10 bits per heavy atom. The fraction of sp³-hybridized carbons (Fsp3) is 0.400. The monoisotopic (exact) mass is 288 g/mol. The minimum Gasteiger partial charge on any atom is -0.481 e. The zero-order valence-corrected chi connectivity index (χ0v) is 11.4. The molecule has 0 aromatic heterocycles. The Labute approximate surface area is 121 Å². The number of carbonyl (C=O) groups is 3. The van der Waals surface area contributed by atoms with Gasteiger partial charge >= 0.3 is 5.97 Å².